The molecule has 21 heavy (non-hydrogen) atoms. The van der Waals surface area contributed by atoms with Crippen molar-refractivity contribution >= 4 is 5.91 Å². The smallest absolute Gasteiger partial charge is 0.226 e. The SMILES string of the molecule is O=C(NCc1ccccc1)C1(CC2CCC2)CCNCC1. The standard InChI is InChI=1S/C18H26N2O/c21-17(20-14-16-5-2-1-3-6-16)18(9-11-19-12-10-18)13-15-7-4-8-15/h1-3,5-6,15,19H,4,7-14H2,(H,20,21). The Labute approximate surface area is 127 Å². The monoisotopic (exact) mass is 286 g/mol. The van der Waals surface area contributed by atoms with Crippen molar-refractivity contribution in [2.75, 3.05) is 13.1 Å². The van der Waals surface area contributed by atoms with Gasteiger partial charge in [-0.1, -0.05) is 49.6 Å². The van der Waals surface area contributed by atoms with Gasteiger partial charge in [0.05, 0.1) is 5.41 Å². The zero-order chi connectivity index (χ0) is 14.5. The van der Waals surface area contributed by atoms with Crippen molar-refractivity contribution < 1.29 is 4.79 Å². The second-order valence-corrected chi connectivity index (χ2v) is 6.70. The molecular formula is C18H26N2O. The summed E-state index contributed by atoms with van der Waals surface area (Å²) in [4.78, 5) is 12.8. The van der Waals surface area contributed by atoms with Crippen LogP contribution in [0.3, 0.4) is 0 Å². The minimum absolute atomic E-state index is 0.120. The summed E-state index contributed by atoms with van der Waals surface area (Å²) in [6.45, 7) is 2.61. The zero-order valence-corrected chi connectivity index (χ0v) is 12.7. The van der Waals surface area contributed by atoms with E-state index in [0.29, 0.717) is 6.54 Å². The van der Waals surface area contributed by atoms with Gasteiger partial charge in [-0.3, -0.25) is 4.79 Å². The Morgan fingerprint density at radius 1 is 1.19 bits per heavy atom. The molecule has 2 N–H and O–H groups in total. The number of amides is 1. The molecular weight excluding hydrogens is 260 g/mol. The van der Waals surface area contributed by atoms with Crippen LogP contribution in [0.2, 0.25) is 0 Å². The first kappa shape index (κ1) is 14.6. The number of rotatable bonds is 5. The molecule has 1 saturated heterocycles. The van der Waals surface area contributed by atoms with E-state index in [9.17, 15) is 4.79 Å². The van der Waals surface area contributed by atoms with E-state index < -0.39 is 0 Å². The lowest BCUT2D eigenvalue weighted by Gasteiger charge is -2.41. The first-order valence-electron chi connectivity index (χ1n) is 8.31. The molecule has 1 aliphatic carbocycles. The van der Waals surface area contributed by atoms with Crippen LogP contribution in [0, 0.1) is 11.3 Å². The Morgan fingerprint density at radius 3 is 2.52 bits per heavy atom. The van der Waals surface area contributed by atoms with Gasteiger partial charge in [-0.2, -0.15) is 0 Å². The van der Waals surface area contributed by atoms with Gasteiger partial charge in [0.25, 0.3) is 0 Å². The molecule has 0 aromatic heterocycles. The van der Waals surface area contributed by atoms with E-state index in [2.05, 4.69) is 22.8 Å². The molecule has 3 rings (SSSR count). The molecule has 0 atom stereocenters. The summed E-state index contributed by atoms with van der Waals surface area (Å²) in [6.07, 6.45) is 7.07. The maximum Gasteiger partial charge on any atom is 0.226 e. The van der Waals surface area contributed by atoms with E-state index in [1.165, 1.54) is 24.8 Å². The van der Waals surface area contributed by atoms with Gasteiger partial charge in [0.1, 0.15) is 0 Å². The molecule has 1 heterocycles. The third kappa shape index (κ3) is 3.46. The summed E-state index contributed by atoms with van der Waals surface area (Å²) in [6, 6.07) is 10.2. The van der Waals surface area contributed by atoms with Gasteiger partial charge in [-0.25, -0.2) is 0 Å². The minimum atomic E-state index is -0.120. The fourth-order valence-corrected chi connectivity index (χ4v) is 3.64. The number of nitrogens with one attached hydrogen (secondary N) is 2. The Bertz CT molecular complexity index is 461. The van der Waals surface area contributed by atoms with Crippen LogP contribution in [0.25, 0.3) is 0 Å². The molecule has 2 fully saturated rings. The number of carbonyl (C=O) groups excluding carboxylic acids is 1. The van der Waals surface area contributed by atoms with Crippen molar-refractivity contribution in [3.05, 3.63) is 35.9 Å². The second kappa shape index (κ2) is 6.61. The third-order valence-electron chi connectivity index (χ3n) is 5.24. The summed E-state index contributed by atoms with van der Waals surface area (Å²) < 4.78 is 0. The molecule has 0 radical (unpaired) electrons. The van der Waals surface area contributed by atoms with Crippen LogP contribution >= 0.6 is 0 Å². The van der Waals surface area contributed by atoms with Crippen LogP contribution < -0.4 is 10.6 Å². The highest BCUT2D eigenvalue weighted by Crippen LogP contribution is 2.42. The van der Waals surface area contributed by atoms with Crippen molar-refractivity contribution in [3.8, 4) is 0 Å². The zero-order valence-electron chi connectivity index (χ0n) is 12.7. The van der Waals surface area contributed by atoms with Crippen molar-refractivity contribution in [1.29, 1.82) is 0 Å². The average Bonchev–Trinajstić information content (AvgIpc) is 2.50. The largest absolute Gasteiger partial charge is 0.352 e. The lowest BCUT2D eigenvalue weighted by atomic mass is 9.67. The van der Waals surface area contributed by atoms with E-state index in [1.54, 1.807) is 0 Å². The van der Waals surface area contributed by atoms with E-state index in [1.807, 2.05) is 18.2 Å². The molecule has 3 nitrogen and oxygen atoms in total. The molecule has 1 aliphatic heterocycles. The van der Waals surface area contributed by atoms with Crippen molar-refractivity contribution in [1.82, 2.24) is 10.6 Å². The molecule has 1 aromatic rings. The minimum Gasteiger partial charge on any atom is -0.352 e. The number of carbonyl (C=O) groups is 1. The molecule has 1 amide bonds. The quantitative estimate of drug-likeness (QED) is 0.874. The summed E-state index contributed by atoms with van der Waals surface area (Å²) in [5, 5.41) is 6.59. The summed E-state index contributed by atoms with van der Waals surface area (Å²) in [7, 11) is 0. The Balaban J connectivity index is 1.62. The van der Waals surface area contributed by atoms with E-state index in [-0.39, 0.29) is 11.3 Å². The maximum absolute atomic E-state index is 12.8. The van der Waals surface area contributed by atoms with E-state index in [4.69, 9.17) is 0 Å². The molecule has 3 heteroatoms. The number of piperidine rings is 1. The van der Waals surface area contributed by atoms with Crippen LogP contribution in [-0.2, 0) is 11.3 Å². The fourth-order valence-electron chi connectivity index (χ4n) is 3.64. The Morgan fingerprint density at radius 2 is 1.90 bits per heavy atom. The van der Waals surface area contributed by atoms with Crippen molar-refractivity contribution in [2.24, 2.45) is 11.3 Å². The van der Waals surface area contributed by atoms with Gasteiger partial charge >= 0.3 is 0 Å². The molecule has 2 aliphatic rings. The third-order valence-corrected chi connectivity index (χ3v) is 5.24. The topological polar surface area (TPSA) is 41.1 Å². The van der Waals surface area contributed by atoms with Crippen LogP contribution in [0.15, 0.2) is 30.3 Å². The average molecular weight is 286 g/mol. The lowest BCUT2D eigenvalue weighted by molar-refractivity contribution is -0.134. The number of benzene rings is 1. The molecule has 0 bridgehead atoms. The van der Waals surface area contributed by atoms with Gasteiger partial charge in [0.15, 0.2) is 0 Å². The van der Waals surface area contributed by atoms with Crippen LogP contribution in [0.1, 0.15) is 44.1 Å². The lowest BCUT2D eigenvalue weighted by Crippen LogP contribution is -2.48. The molecule has 1 aromatic carbocycles. The second-order valence-electron chi connectivity index (χ2n) is 6.70. The van der Waals surface area contributed by atoms with Gasteiger partial charge < -0.3 is 10.6 Å². The van der Waals surface area contributed by atoms with Crippen LogP contribution in [0.5, 0.6) is 0 Å². The predicted octanol–water partition coefficient (Wildman–Crippen LogP) is 2.86. The van der Waals surface area contributed by atoms with Crippen molar-refractivity contribution in [2.45, 2.75) is 45.1 Å². The summed E-state index contributed by atoms with van der Waals surface area (Å²) >= 11 is 0. The highest BCUT2D eigenvalue weighted by atomic mass is 16.2. The highest BCUT2D eigenvalue weighted by molar-refractivity contribution is 5.82. The van der Waals surface area contributed by atoms with E-state index >= 15 is 0 Å². The normalized spacial score (nSPS) is 21.5. The maximum atomic E-state index is 12.8. The van der Waals surface area contributed by atoms with Gasteiger partial charge in [0.2, 0.25) is 5.91 Å². The Kier molecular flexibility index (Phi) is 4.59. The Hall–Kier alpha value is -1.35. The number of hydrogen-bond acceptors (Lipinski definition) is 2. The first-order valence-corrected chi connectivity index (χ1v) is 8.31. The van der Waals surface area contributed by atoms with Gasteiger partial charge in [-0.15, -0.1) is 0 Å². The van der Waals surface area contributed by atoms with Crippen LogP contribution in [0.4, 0.5) is 0 Å². The summed E-state index contributed by atoms with van der Waals surface area (Å²) in [5.74, 6) is 1.06. The number of hydrogen-bond donors (Lipinski definition) is 2. The molecule has 1 saturated carbocycles. The van der Waals surface area contributed by atoms with Crippen LogP contribution in [-0.4, -0.2) is 19.0 Å². The van der Waals surface area contributed by atoms with Gasteiger partial charge in [-0.05, 0) is 43.8 Å². The first-order chi connectivity index (χ1) is 10.3. The van der Waals surface area contributed by atoms with E-state index in [0.717, 1.165) is 38.3 Å². The highest BCUT2D eigenvalue weighted by Gasteiger charge is 2.41. The molecule has 114 valence electrons. The fraction of sp³-hybridized carbons (Fsp3) is 0.611. The predicted molar refractivity (Wildman–Crippen MR) is 84.8 cm³/mol. The summed E-state index contributed by atoms with van der Waals surface area (Å²) in [5.41, 5.74) is 1.06. The molecule has 0 unspecified atom stereocenters. The van der Waals surface area contributed by atoms with Crippen molar-refractivity contribution in [3.63, 3.8) is 0 Å². The van der Waals surface area contributed by atoms with Gasteiger partial charge in [0, 0.05) is 6.54 Å². The molecule has 0 spiro atoms.